The largest absolute Gasteiger partial charge is 0.384 e. The van der Waals surface area contributed by atoms with Crippen molar-refractivity contribution in [3.8, 4) is 5.69 Å². The van der Waals surface area contributed by atoms with Gasteiger partial charge in [-0.1, -0.05) is 11.6 Å². The molecule has 0 radical (unpaired) electrons. The molecular weight excluding hydrogens is 236 g/mol. The van der Waals surface area contributed by atoms with Gasteiger partial charge in [-0.2, -0.15) is 0 Å². The minimum atomic E-state index is 0.0111. The molecule has 1 aromatic carbocycles. The lowest BCUT2D eigenvalue weighted by atomic mass is 10.2. The van der Waals surface area contributed by atoms with Crippen molar-refractivity contribution in [2.45, 2.75) is 13.8 Å². The van der Waals surface area contributed by atoms with Crippen LogP contribution in [0.2, 0.25) is 5.02 Å². The standard InChI is InChI=1S/C12H13ClN4/c1-7-8(2)17(6-16-7)11-4-3-9(12(14)15)5-10(11)13/h3-6H,1-2H3,(H3,14,15). The van der Waals surface area contributed by atoms with E-state index >= 15 is 0 Å². The van der Waals surface area contributed by atoms with E-state index < -0.39 is 0 Å². The average molecular weight is 249 g/mol. The second-order valence-corrected chi connectivity index (χ2v) is 4.27. The zero-order chi connectivity index (χ0) is 12.6. The van der Waals surface area contributed by atoms with Gasteiger partial charge in [-0.25, -0.2) is 4.98 Å². The summed E-state index contributed by atoms with van der Waals surface area (Å²) in [6.45, 7) is 3.93. The Kier molecular flexibility index (Phi) is 2.90. The first kappa shape index (κ1) is 11.7. The van der Waals surface area contributed by atoms with Gasteiger partial charge in [-0.3, -0.25) is 5.41 Å². The fourth-order valence-corrected chi connectivity index (χ4v) is 1.88. The van der Waals surface area contributed by atoms with Crippen molar-refractivity contribution in [1.29, 1.82) is 5.41 Å². The van der Waals surface area contributed by atoms with Crippen molar-refractivity contribution in [3.05, 3.63) is 46.5 Å². The van der Waals surface area contributed by atoms with Crippen molar-refractivity contribution in [1.82, 2.24) is 9.55 Å². The molecule has 0 spiro atoms. The number of nitrogens with two attached hydrogens (primary N) is 1. The predicted octanol–water partition coefficient (Wildman–Crippen LogP) is 2.43. The lowest BCUT2D eigenvalue weighted by molar-refractivity contribution is 1.00. The van der Waals surface area contributed by atoms with Gasteiger partial charge in [0.05, 0.1) is 22.7 Å². The Bertz CT molecular complexity index is 586. The van der Waals surface area contributed by atoms with Gasteiger partial charge in [0.1, 0.15) is 5.84 Å². The highest BCUT2D eigenvalue weighted by Crippen LogP contribution is 2.23. The number of aromatic nitrogens is 2. The monoisotopic (exact) mass is 248 g/mol. The van der Waals surface area contributed by atoms with E-state index in [4.69, 9.17) is 22.7 Å². The topological polar surface area (TPSA) is 67.7 Å². The van der Waals surface area contributed by atoms with Gasteiger partial charge in [0.15, 0.2) is 0 Å². The van der Waals surface area contributed by atoms with Crippen LogP contribution in [0.3, 0.4) is 0 Å². The quantitative estimate of drug-likeness (QED) is 0.633. The first-order valence-corrected chi connectivity index (χ1v) is 5.53. The summed E-state index contributed by atoms with van der Waals surface area (Å²) in [5.41, 5.74) is 8.89. The Hall–Kier alpha value is -1.81. The Morgan fingerprint density at radius 1 is 1.41 bits per heavy atom. The number of benzene rings is 1. The van der Waals surface area contributed by atoms with Crippen LogP contribution in [-0.2, 0) is 0 Å². The summed E-state index contributed by atoms with van der Waals surface area (Å²) in [5.74, 6) is 0.0111. The van der Waals surface area contributed by atoms with Crippen LogP contribution in [0.1, 0.15) is 17.0 Å². The number of nitrogen functional groups attached to an aromatic ring is 1. The lowest BCUT2D eigenvalue weighted by Gasteiger charge is -2.09. The van der Waals surface area contributed by atoms with Crippen LogP contribution in [0.4, 0.5) is 0 Å². The molecule has 0 aliphatic carbocycles. The molecule has 0 bridgehead atoms. The number of nitrogens with one attached hydrogen (secondary N) is 1. The van der Waals surface area contributed by atoms with Crippen molar-refractivity contribution in [2.75, 3.05) is 0 Å². The smallest absolute Gasteiger partial charge is 0.122 e. The molecule has 0 aliphatic heterocycles. The van der Waals surface area contributed by atoms with Crippen LogP contribution in [0, 0.1) is 19.3 Å². The van der Waals surface area contributed by atoms with Crippen molar-refractivity contribution >= 4 is 17.4 Å². The zero-order valence-corrected chi connectivity index (χ0v) is 10.4. The molecule has 1 heterocycles. The molecule has 5 heteroatoms. The molecule has 0 unspecified atom stereocenters. The van der Waals surface area contributed by atoms with Gasteiger partial charge in [0.2, 0.25) is 0 Å². The second kappa shape index (κ2) is 4.22. The fourth-order valence-electron chi connectivity index (χ4n) is 1.61. The van der Waals surface area contributed by atoms with Crippen LogP contribution in [0.5, 0.6) is 0 Å². The molecule has 0 atom stereocenters. The second-order valence-electron chi connectivity index (χ2n) is 3.87. The number of hydrogen-bond acceptors (Lipinski definition) is 2. The summed E-state index contributed by atoms with van der Waals surface area (Å²) >= 11 is 6.19. The number of aryl methyl sites for hydroxylation is 1. The van der Waals surface area contributed by atoms with Crippen LogP contribution < -0.4 is 5.73 Å². The SMILES string of the molecule is Cc1ncn(-c2ccc(C(=N)N)cc2Cl)c1C. The fraction of sp³-hybridized carbons (Fsp3) is 0.167. The predicted molar refractivity (Wildman–Crippen MR) is 69.1 cm³/mol. The molecule has 0 saturated carbocycles. The number of hydrogen-bond donors (Lipinski definition) is 2. The first-order chi connectivity index (χ1) is 8.00. The number of halogens is 1. The van der Waals surface area contributed by atoms with Gasteiger partial charge in [-0.05, 0) is 32.0 Å². The highest BCUT2D eigenvalue weighted by atomic mass is 35.5. The molecule has 0 saturated heterocycles. The first-order valence-electron chi connectivity index (χ1n) is 5.15. The Morgan fingerprint density at radius 2 is 2.12 bits per heavy atom. The number of rotatable bonds is 2. The van der Waals surface area contributed by atoms with E-state index in [-0.39, 0.29) is 5.84 Å². The summed E-state index contributed by atoms with van der Waals surface area (Å²) in [6.07, 6.45) is 1.74. The molecule has 2 aromatic rings. The third-order valence-electron chi connectivity index (χ3n) is 2.77. The van der Waals surface area contributed by atoms with Gasteiger partial charge in [0.25, 0.3) is 0 Å². The molecular formula is C12H13ClN4. The van der Waals surface area contributed by atoms with Crippen LogP contribution in [-0.4, -0.2) is 15.4 Å². The van der Waals surface area contributed by atoms with E-state index in [1.54, 1.807) is 18.5 Å². The Morgan fingerprint density at radius 3 is 2.59 bits per heavy atom. The van der Waals surface area contributed by atoms with Gasteiger partial charge in [0, 0.05) is 11.3 Å². The van der Waals surface area contributed by atoms with Crippen LogP contribution in [0.15, 0.2) is 24.5 Å². The third-order valence-corrected chi connectivity index (χ3v) is 3.07. The average Bonchev–Trinajstić information content (AvgIpc) is 2.60. The number of amidine groups is 1. The summed E-state index contributed by atoms with van der Waals surface area (Å²) in [6, 6.07) is 5.31. The Labute approximate surface area is 105 Å². The lowest BCUT2D eigenvalue weighted by Crippen LogP contribution is -2.11. The maximum atomic E-state index is 7.35. The maximum Gasteiger partial charge on any atom is 0.122 e. The maximum absolute atomic E-state index is 7.35. The summed E-state index contributed by atoms with van der Waals surface area (Å²) in [5, 5.41) is 7.91. The third kappa shape index (κ3) is 2.03. The van der Waals surface area contributed by atoms with E-state index in [0.29, 0.717) is 10.6 Å². The molecule has 2 rings (SSSR count). The van der Waals surface area contributed by atoms with E-state index in [9.17, 15) is 0 Å². The molecule has 1 aromatic heterocycles. The normalized spacial score (nSPS) is 10.5. The minimum absolute atomic E-state index is 0.0111. The molecule has 3 N–H and O–H groups in total. The van der Waals surface area contributed by atoms with E-state index in [2.05, 4.69) is 4.98 Å². The highest BCUT2D eigenvalue weighted by molar-refractivity contribution is 6.32. The van der Waals surface area contributed by atoms with Crippen LogP contribution >= 0.6 is 11.6 Å². The summed E-state index contributed by atoms with van der Waals surface area (Å²) in [4.78, 5) is 4.23. The highest BCUT2D eigenvalue weighted by Gasteiger charge is 2.09. The van der Waals surface area contributed by atoms with Crippen molar-refractivity contribution < 1.29 is 0 Å². The van der Waals surface area contributed by atoms with Gasteiger partial charge in [-0.15, -0.1) is 0 Å². The molecule has 17 heavy (non-hydrogen) atoms. The van der Waals surface area contributed by atoms with E-state index in [1.807, 2.05) is 24.5 Å². The number of imidazole rings is 1. The van der Waals surface area contributed by atoms with Crippen LogP contribution in [0.25, 0.3) is 5.69 Å². The van der Waals surface area contributed by atoms with E-state index in [1.165, 1.54) is 0 Å². The van der Waals surface area contributed by atoms with Crippen molar-refractivity contribution in [2.24, 2.45) is 5.73 Å². The van der Waals surface area contributed by atoms with E-state index in [0.717, 1.165) is 17.1 Å². The molecule has 0 fully saturated rings. The Balaban J connectivity index is 2.54. The molecule has 0 amide bonds. The molecule has 88 valence electrons. The van der Waals surface area contributed by atoms with Gasteiger partial charge >= 0.3 is 0 Å². The summed E-state index contributed by atoms with van der Waals surface area (Å²) < 4.78 is 1.92. The zero-order valence-electron chi connectivity index (χ0n) is 9.66. The number of nitrogens with zero attached hydrogens (tertiary/aromatic N) is 2. The minimum Gasteiger partial charge on any atom is -0.384 e. The van der Waals surface area contributed by atoms with Gasteiger partial charge < -0.3 is 10.3 Å². The summed E-state index contributed by atoms with van der Waals surface area (Å²) in [7, 11) is 0. The molecule has 0 aliphatic rings. The van der Waals surface area contributed by atoms with Crippen molar-refractivity contribution in [3.63, 3.8) is 0 Å². The molecule has 4 nitrogen and oxygen atoms in total.